The van der Waals surface area contributed by atoms with Crippen LogP contribution in [0, 0.1) is 29.6 Å². The minimum atomic E-state index is -0.449. The molecular weight excluding hydrogens is 536 g/mol. The normalized spacial score (nSPS) is 30.2. The second kappa shape index (κ2) is 9.38. The van der Waals surface area contributed by atoms with Crippen LogP contribution in [0.5, 0.6) is 5.75 Å². The molecule has 2 amide bonds. The molecule has 3 heterocycles. The van der Waals surface area contributed by atoms with E-state index in [4.69, 9.17) is 9.47 Å². The summed E-state index contributed by atoms with van der Waals surface area (Å²) in [7, 11) is 0. The van der Waals surface area contributed by atoms with E-state index in [2.05, 4.69) is 4.98 Å². The van der Waals surface area contributed by atoms with Gasteiger partial charge in [0.25, 0.3) is 0 Å². The summed E-state index contributed by atoms with van der Waals surface area (Å²) in [6.07, 6.45) is 0.805. The van der Waals surface area contributed by atoms with Crippen molar-refractivity contribution in [3.63, 3.8) is 0 Å². The van der Waals surface area contributed by atoms with Crippen molar-refractivity contribution in [2.75, 3.05) is 18.1 Å². The molecule has 1 saturated heterocycles. The van der Waals surface area contributed by atoms with E-state index in [1.165, 1.54) is 16.2 Å². The van der Waals surface area contributed by atoms with Crippen molar-refractivity contribution in [3.8, 4) is 5.75 Å². The lowest BCUT2D eigenvalue weighted by atomic mass is 9.68. The maximum Gasteiger partial charge on any atom is 0.344 e. The number of nitrogens with zero attached hydrogens (tertiary/aromatic N) is 1. The van der Waals surface area contributed by atoms with E-state index in [1.54, 1.807) is 18.7 Å². The van der Waals surface area contributed by atoms with Gasteiger partial charge in [-0.05, 0) is 49.3 Å². The van der Waals surface area contributed by atoms with Gasteiger partial charge in [-0.1, -0.05) is 47.7 Å². The van der Waals surface area contributed by atoms with Crippen LogP contribution in [0.15, 0.2) is 64.4 Å². The number of benzene rings is 2. The number of thioether (sulfide) groups is 1. The molecule has 0 unspecified atom stereocenters. The van der Waals surface area contributed by atoms with Gasteiger partial charge in [-0.2, -0.15) is 0 Å². The summed E-state index contributed by atoms with van der Waals surface area (Å²) in [4.78, 5) is 57.3. The van der Waals surface area contributed by atoms with Crippen molar-refractivity contribution in [1.29, 1.82) is 0 Å². The Balaban J connectivity index is 1.29. The first-order valence-electron chi connectivity index (χ1n) is 13.2. The number of H-pyrrole nitrogens is 1. The van der Waals surface area contributed by atoms with Gasteiger partial charge >= 0.3 is 10.8 Å². The van der Waals surface area contributed by atoms with E-state index in [0.717, 1.165) is 21.9 Å². The Morgan fingerprint density at radius 1 is 1.00 bits per heavy atom. The van der Waals surface area contributed by atoms with Crippen molar-refractivity contribution >= 4 is 46.6 Å². The number of fused-ring (bicyclic) bond motifs is 9. The molecule has 8 nitrogen and oxygen atoms in total. The first kappa shape index (κ1) is 24.7. The number of nitrogens with one attached hydrogen (secondary N) is 1. The van der Waals surface area contributed by atoms with Gasteiger partial charge in [-0.15, -0.1) is 11.8 Å². The Labute approximate surface area is 232 Å². The monoisotopic (exact) mass is 562 g/mol. The SMILES string of the molecule is CCOC(=O)COc1ccccc1[C@@H]1c2sc(=O)[nH]c2S[C@@H]2[C@@H]3C[C@@H]([C@@H]4C(=O)N(c5ccccc5)C(=O)[C@@H]34)[C@H]12. The number of ether oxygens (including phenoxy) is 2. The van der Waals surface area contributed by atoms with Crippen LogP contribution >= 0.6 is 23.1 Å². The number of para-hydroxylation sites is 2. The van der Waals surface area contributed by atoms with Gasteiger partial charge in [-0.25, -0.2) is 4.79 Å². The Morgan fingerprint density at radius 3 is 2.49 bits per heavy atom. The molecule has 2 aliphatic carbocycles. The standard InChI is InChI=1S/C29H26N2O6S2/c1-2-36-19(32)13-37-18-11-7-6-10-15(18)20-21-16-12-17(24(21)38-26-25(20)39-29(35)30-26)23-22(16)27(33)31(28(23)34)14-8-4-3-5-9-14/h3-11,16-17,20-24H,2,12-13H2,1H3,(H,30,35)/t16-,17-,20+,21-,22+,23+,24-/m1/s1. The van der Waals surface area contributed by atoms with Crippen molar-refractivity contribution in [3.05, 3.63) is 74.7 Å². The van der Waals surface area contributed by atoms with Gasteiger partial charge in [-0.3, -0.25) is 19.3 Å². The summed E-state index contributed by atoms with van der Waals surface area (Å²) in [5.41, 5.74) is 1.50. The molecule has 2 aromatic carbocycles. The average molecular weight is 563 g/mol. The fourth-order valence-corrected chi connectivity index (χ4v) is 10.3. The van der Waals surface area contributed by atoms with Crippen LogP contribution in [0.2, 0.25) is 0 Å². The molecule has 3 aromatic rings. The number of aromatic nitrogens is 1. The Kier molecular flexibility index (Phi) is 5.93. The van der Waals surface area contributed by atoms with Crippen LogP contribution in [0.3, 0.4) is 0 Å². The molecule has 2 bridgehead atoms. The van der Waals surface area contributed by atoms with Crippen molar-refractivity contribution in [2.24, 2.45) is 29.6 Å². The Morgan fingerprint density at radius 2 is 1.72 bits per heavy atom. The number of aromatic amines is 1. The molecule has 4 aliphatic rings. The molecule has 10 heteroatoms. The van der Waals surface area contributed by atoms with Gasteiger partial charge in [0, 0.05) is 21.6 Å². The van der Waals surface area contributed by atoms with E-state index in [0.29, 0.717) is 11.4 Å². The van der Waals surface area contributed by atoms with Crippen LogP contribution in [-0.2, 0) is 19.1 Å². The van der Waals surface area contributed by atoms with Gasteiger partial charge in [0.1, 0.15) is 5.75 Å². The Bertz CT molecular complexity index is 1530. The van der Waals surface area contributed by atoms with Crippen LogP contribution < -0.4 is 14.5 Å². The molecule has 7 rings (SSSR count). The fourth-order valence-electron chi connectivity index (χ4n) is 7.40. The highest BCUT2D eigenvalue weighted by Crippen LogP contribution is 2.69. The smallest absolute Gasteiger partial charge is 0.344 e. The third-order valence-electron chi connectivity index (χ3n) is 8.64. The van der Waals surface area contributed by atoms with Crippen LogP contribution in [0.1, 0.15) is 29.7 Å². The number of hydrogen-bond acceptors (Lipinski definition) is 8. The summed E-state index contributed by atoms with van der Waals surface area (Å²) in [5, 5.41) is 0.904. The predicted octanol–water partition coefficient (Wildman–Crippen LogP) is 4.06. The zero-order valence-corrected chi connectivity index (χ0v) is 22.7. The fraction of sp³-hybridized carbons (Fsp3) is 0.379. The molecule has 1 N–H and O–H groups in total. The number of rotatable bonds is 6. The van der Waals surface area contributed by atoms with Crippen LogP contribution in [0.4, 0.5) is 5.69 Å². The highest BCUT2D eigenvalue weighted by Gasteiger charge is 2.69. The summed E-state index contributed by atoms with van der Waals surface area (Å²) in [6.45, 7) is 1.80. The number of amides is 2. The van der Waals surface area contributed by atoms with Crippen LogP contribution in [-0.4, -0.2) is 41.2 Å². The van der Waals surface area contributed by atoms with Gasteiger partial charge in [0.2, 0.25) is 11.8 Å². The summed E-state index contributed by atoms with van der Waals surface area (Å²) in [5.74, 6) is -0.965. The predicted molar refractivity (Wildman–Crippen MR) is 146 cm³/mol. The van der Waals surface area contributed by atoms with E-state index in [-0.39, 0.29) is 70.7 Å². The number of thiazole rings is 1. The van der Waals surface area contributed by atoms with Gasteiger partial charge < -0.3 is 14.5 Å². The number of anilines is 1. The number of hydrogen-bond donors (Lipinski definition) is 1. The quantitative estimate of drug-likeness (QED) is 0.357. The average Bonchev–Trinajstić information content (AvgIpc) is 3.67. The minimum absolute atomic E-state index is 0.00359. The molecule has 7 atom stereocenters. The minimum Gasteiger partial charge on any atom is -0.482 e. The number of carbonyl (C=O) groups excluding carboxylic acids is 3. The number of carbonyl (C=O) groups is 3. The van der Waals surface area contributed by atoms with E-state index >= 15 is 0 Å². The van der Waals surface area contributed by atoms with E-state index in [9.17, 15) is 19.2 Å². The zero-order chi connectivity index (χ0) is 26.8. The van der Waals surface area contributed by atoms with Crippen LogP contribution in [0.25, 0.3) is 0 Å². The third kappa shape index (κ3) is 3.71. The molecule has 39 heavy (non-hydrogen) atoms. The second-order valence-corrected chi connectivity index (χ2v) is 12.6. The Hall–Kier alpha value is -3.37. The largest absolute Gasteiger partial charge is 0.482 e. The van der Waals surface area contributed by atoms with Crippen molar-refractivity contribution in [1.82, 2.24) is 4.98 Å². The second-order valence-electron chi connectivity index (χ2n) is 10.4. The topological polar surface area (TPSA) is 106 Å². The molecule has 2 saturated carbocycles. The lowest BCUT2D eigenvalue weighted by Gasteiger charge is -2.43. The molecule has 0 radical (unpaired) electrons. The summed E-state index contributed by atoms with van der Waals surface area (Å²) >= 11 is 2.84. The number of esters is 1. The lowest BCUT2D eigenvalue weighted by Crippen LogP contribution is -2.42. The summed E-state index contributed by atoms with van der Waals surface area (Å²) in [6, 6.07) is 16.8. The van der Waals surface area contributed by atoms with Gasteiger partial charge in [0.05, 0.1) is 29.2 Å². The first-order valence-corrected chi connectivity index (χ1v) is 14.9. The molecule has 3 fully saturated rings. The zero-order valence-electron chi connectivity index (χ0n) is 21.1. The maximum atomic E-state index is 13.8. The maximum absolute atomic E-state index is 13.8. The van der Waals surface area contributed by atoms with Crippen molar-refractivity contribution < 1.29 is 23.9 Å². The molecule has 200 valence electrons. The highest BCUT2D eigenvalue weighted by atomic mass is 32.2. The van der Waals surface area contributed by atoms with E-state index < -0.39 is 5.97 Å². The molecule has 1 aromatic heterocycles. The number of imide groups is 1. The highest BCUT2D eigenvalue weighted by molar-refractivity contribution is 8.00. The summed E-state index contributed by atoms with van der Waals surface area (Å²) < 4.78 is 11.0. The molecular formula is C29H26N2O6S2. The third-order valence-corrected chi connectivity index (χ3v) is 11.2. The van der Waals surface area contributed by atoms with Gasteiger partial charge in [0.15, 0.2) is 6.61 Å². The molecule has 0 spiro atoms. The first-order chi connectivity index (χ1) is 19.0. The molecule has 2 aliphatic heterocycles. The van der Waals surface area contributed by atoms with Crippen molar-refractivity contribution in [2.45, 2.75) is 29.5 Å². The lowest BCUT2D eigenvalue weighted by molar-refractivity contribution is -0.145. The van der Waals surface area contributed by atoms with E-state index in [1.807, 2.05) is 54.6 Å².